The van der Waals surface area contributed by atoms with E-state index in [1.165, 1.54) is 23.0 Å². The maximum Gasteiger partial charge on any atom is 0.255 e. The summed E-state index contributed by atoms with van der Waals surface area (Å²) >= 11 is 3.03. The second-order valence-electron chi connectivity index (χ2n) is 10.4. The number of nitrogens with one attached hydrogen (secondary N) is 1. The molecule has 0 saturated carbocycles. The van der Waals surface area contributed by atoms with Gasteiger partial charge in [-0.25, -0.2) is 4.98 Å². The van der Waals surface area contributed by atoms with Crippen LogP contribution in [0.4, 0.5) is 11.4 Å². The van der Waals surface area contributed by atoms with Gasteiger partial charge in [-0.15, -0.1) is 11.3 Å². The number of piperazine rings is 1. The minimum Gasteiger partial charge on any atom is -0.368 e. The molecule has 0 bridgehead atoms. The number of benzene rings is 3. The third-order valence-electron chi connectivity index (χ3n) is 6.71. The molecule has 2 amide bonds. The number of nitrogens with zero attached hydrogens (tertiary/aromatic N) is 3. The molecule has 0 aliphatic carbocycles. The van der Waals surface area contributed by atoms with Crippen molar-refractivity contribution in [2.24, 2.45) is 0 Å². The second kappa shape index (κ2) is 11.2. The number of carbonyl (C=O) groups excluding carboxylic acids is 2. The molecule has 5 rings (SSSR count). The Balaban J connectivity index is 1.15. The number of amides is 2. The predicted octanol–water partition coefficient (Wildman–Crippen LogP) is 6.29. The standard InChI is InChI=1S/C30H32N4O2S2/c1-30(2,3)22-11-9-21(10-12-22)28(36)31-23-13-14-25-26(19-23)38-29(32-25)37-20-27(35)34-17-15-33(16-18-34)24-7-5-4-6-8-24/h4-14,19H,15-18,20H2,1-3H3,(H,31,36). The molecule has 1 aliphatic rings. The minimum atomic E-state index is -0.137. The van der Waals surface area contributed by atoms with Crippen LogP contribution in [-0.4, -0.2) is 53.6 Å². The number of thioether (sulfide) groups is 1. The Morgan fingerprint density at radius 2 is 1.66 bits per heavy atom. The van der Waals surface area contributed by atoms with Gasteiger partial charge in [-0.1, -0.05) is 62.9 Å². The van der Waals surface area contributed by atoms with E-state index in [1.807, 2.05) is 65.6 Å². The first-order chi connectivity index (χ1) is 18.3. The highest BCUT2D eigenvalue weighted by Crippen LogP contribution is 2.32. The summed E-state index contributed by atoms with van der Waals surface area (Å²) in [5, 5.41) is 2.99. The number of rotatable bonds is 6. The Kier molecular flexibility index (Phi) is 7.72. The Bertz CT molecular complexity index is 1420. The zero-order chi connectivity index (χ0) is 26.7. The van der Waals surface area contributed by atoms with Crippen molar-refractivity contribution >= 4 is 56.5 Å². The van der Waals surface area contributed by atoms with Crippen molar-refractivity contribution in [3.63, 3.8) is 0 Å². The van der Waals surface area contributed by atoms with Crippen molar-refractivity contribution in [3.8, 4) is 0 Å². The van der Waals surface area contributed by atoms with E-state index in [2.05, 4.69) is 48.1 Å². The molecule has 1 aliphatic heterocycles. The zero-order valence-electron chi connectivity index (χ0n) is 21.9. The van der Waals surface area contributed by atoms with Gasteiger partial charge in [0.1, 0.15) is 0 Å². The number of anilines is 2. The third-order valence-corrected chi connectivity index (χ3v) is 8.86. The van der Waals surface area contributed by atoms with E-state index in [0.29, 0.717) is 11.3 Å². The van der Waals surface area contributed by atoms with E-state index in [0.717, 1.165) is 46.4 Å². The molecule has 4 aromatic rings. The first kappa shape index (κ1) is 26.3. The molecule has 6 nitrogen and oxygen atoms in total. The number of para-hydroxylation sites is 1. The smallest absolute Gasteiger partial charge is 0.255 e. The summed E-state index contributed by atoms with van der Waals surface area (Å²) in [6, 6.07) is 23.8. The van der Waals surface area contributed by atoms with Crippen LogP contribution in [0.1, 0.15) is 36.7 Å². The maximum atomic E-state index is 12.8. The number of thiazole rings is 1. The normalized spacial score (nSPS) is 14.1. The predicted molar refractivity (Wildman–Crippen MR) is 159 cm³/mol. The highest BCUT2D eigenvalue weighted by molar-refractivity contribution is 8.01. The van der Waals surface area contributed by atoms with Crippen molar-refractivity contribution in [1.29, 1.82) is 0 Å². The Morgan fingerprint density at radius 1 is 0.947 bits per heavy atom. The van der Waals surface area contributed by atoms with Gasteiger partial charge in [0.15, 0.2) is 4.34 Å². The molecular formula is C30H32N4O2S2. The highest BCUT2D eigenvalue weighted by atomic mass is 32.2. The van der Waals surface area contributed by atoms with Gasteiger partial charge in [0.25, 0.3) is 5.91 Å². The van der Waals surface area contributed by atoms with Crippen LogP contribution >= 0.6 is 23.1 Å². The van der Waals surface area contributed by atoms with E-state index in [1.54, 1.807) is 11.3 Å². The molecule has 38 heavy (non-hydrogen) atoms. The van der Waals surface area contributed by atoms with Crippen LogP contribution in [0.3, 0.4) is 0 Å². The molecule has 0 radical (unpaired) electrons. The summed E-state index contributed by atoms with van der Waals surface area (Å²) in [4.78, 5) is 34.6. The van der Waals surface area contributed by atoms with Gasteiger partial charge in [0.2, 0.25) is 5.91 Å². The molecule has 0 spiro atoms. The summed E-state index contributed by atoms with van der Waals surface area (Å²) < 4.78 is 1.84. The maximum absolute atomic E-state index is 12.8. The lowest BCUT2D eigenvalue weighted by atomic mass is 9.87. The molecule has 8 heteroatoms. The molecule has 0 atom stereocenters. The van der Waals surface area contributed by atoms with Gasteiger partial charge in [0, 0.05) is 43.1 Å². The minimum absolute atomic E-state index is 0.0455. The fourth-order valence-electron chi connectivity index (χ4n) is 4.44. The van der Waals surface area contributed by atoms with Gasteiger partial charge in [-0.3, -0.25) is 9.59 Å². The lowest BCUT2D eigenvalue weighted by molar-refractivity contribution is -0.128. The molecule has 3 aromatic carbocycles. The highest BCUT2D eigenvalue weighted by Gasteiger charge is 2.22. The largest absolute Gasteiger partial charge is 0.368 e. The van der Waals surface area contributed by atoms with Crippen molar-refractivity contribution in [3.05, 3.63) is 83.9 Å². The monoisotopic (exact) mass is 544 g/mol. The van der Waals surface area contributed by atoms with E-state index in [-0.39, 0.29) is 17.2 Å². The summed E-state index contributed by atoms with van der Waals surface area (Å²) in [6.45, 7) is 9.62. The lowest BCUT2D eigenvalue weighted by Crippen LogP contribution is -2.49. The van der Waals surface area contributed by atoms with Gasteiger partial charge >= 0.3 is 0 Å². The number of fused-ring (bicyclic) bond motifs is 1. The summed E-state index contributed by atoms with van der Waals surface area (Å²) in [7, 11) is 0. The van der Waals surface area contributed by atoms with Crippen molar-refractivity contribution in [2.45, 2.75) is 30.5 Å². The van der Waals surface area contributed by atoms with Gasteiger partial charge in [-0.05, 0) is 53.4 Å². The van der Waals surface area contributed by atoms with Crippen LogP contribution in [0.2, 0.25) is 0 Å². The number of aromatic nitrogens is 1. The molecule has 0 unspecified atom stereocenters. The summed E-state index contributed by atoms with van der Waals surface area (Å²) in [5.41, 5.74) is 4.67. The fourth-order valence-corrected chi connectivity index (χ4v) is 6.45. The third kappa shape index (κ3) is 6.19. The molecule has 1 N–H and O–H groups in total. The molecular weight excluding hydrogens is 512 g/mol. The average molecular weight is 545 g/mol. The van der Waals surface area contributed by atoms with Crippen LogP contribution in [0.15, 0.2) is 77.1 Å². The van der Waals surface area contributed by atoms with Crippen molar-refractivity contribution < 1.29 is 9.59 Å². The van der Waals surface area contributed by atoms with Gasteiger partial charge in [-0.2, -0.15) is 0 Å². The summed E-state index contributed by atoms with van der Waals surface area (Å²) in [5.74, 6) is 0.383. The molecule has 2 heterocycles. The van der Waals surface area contributed by atoms with Gasteiger partial charge in [0.05, 0.1) is 16.0 Å². The lowest BCUT2D eigenvalue weighted by Gasteiger charge is -2.36. The van der Waals surface area contributed by atoms with E-state index >= 15 is 0 Å². The Morgan fingerprint density at radius 3 is 2.34 bits per heavy atom. The Hall–Kier alpha value is -3.36. The topological polar surface area (TPSA) is 65.5 Å². The molecule has 1 aromatic heterocycles. The summed E-state index contributed by atoms with van der Waals surface area (Å²) in [6.07, 6.45) is 0. The number of carbonyl (C=O) groups is 2. The van der Waals surface area contributed by atoms with E-state index in [4.69, 9.17) is 0 Å². The van der Waals surface area contributed by atoms with Crippen LogP contribution in [-0.2, 0) is 10.2 Å². The van der Waals surface area contributed by atoms with E-state index < -0.39 is 0 Å². The fraction of sp³-hybridized carbons (Fsp3) is 0.300. The average Bonchev–Trinajstić information content (AvgIpc) is 3.34. The second-order valence-corrected chi connectivity index (χ2v) is 12.7. The molecule has 196 valence electrons. The van der Waals surface area contributed by atoms with Crippen LogP contribution in [0, 0.1) is 0 Å². The first-order valence-electron chi connectivity index (χ1n) is 12.8. The van der Waals surface area contributed by atoms with E-state index in [9.17, 15) is 9.59 Å². The zero-order valence-corrected chi connectivity index (χ0v) is 23.6. The SMILES string of the molecule is CC(C)(C)c1ccc(C(=O)Nc2ccc3nc(SCC(=O)N4CCN(c5ccccc5)CC4)sc3c2)cc1. The van der Waals surface area contributed by atoms with Crippen molar-refractivity contribution in [1.82, 2.24) is 9.88 Å². The first-order valence-corrected chi connectivity index (χ1v) is 14.6. The molecule has 1 fully saturated rings. The van der Waals surface area contributed by atoms with Crippen LogP contribution < -0.4 is 10.2 Å². The number of hydrogen-bond acceptors (Lipinski definition) is 6. The Labute approximate surface area is 232 Å². The van der Waals surface area contributed by atoms with Crippen LogP contribution in [0.25, 0.3) is 10.2 Å². The number of hydrogen-bond donors (Lipinski definition) is 1. The quantitative estimate of drug-likeness (QED) is 0.289. The molecule has 1 saturated heterocycles. The van der Waals surface area contributed by atoms with Gasteiger partial charge < -0.3 is 15.1 Å². The van der Waals surface area contributed by atoms with Crippen molar-refractivity contribution in [2.75, 3.05) is 42.1 Å². The van der Waals surface area contributed by atoms with Crippen LogP contribution in [0.5, 0.6) is 0 Å².